The van der Waals surface area contributed by atoms with Crippen LogP contribution in [0, 0.1) is 6.92 Å². The maximum Gasteiger partial charge on any atom is 0.282 e. The predicted octanol–water partition coefficient (Wildman–Crippen LogP) is 3.96. The van der Waals surface area contributed by atoms with Gasteiger partial charge in [-0.25, -0.2) is 0 Å². The molecule has 0 unspecified atom stereocenters. The fraction of sp³-hybridized carbons (Fsp3) is 0.0556. The molecule has 4 heteroatoms. The lowest BCUT2D eigenvalue weighted by atomic mass is 10.1. The molecule has 0 atom stereocenters. The lowest BCUT2D eigenvalue weighted by molar-refractivity contribution is 0.598. The molecule has 0 aliphatic carbocycles. The van der Waals surface area contributed by atoms with Crippen molar-refractivity contribution in [2.24, 2.45) is 4.40 Å². The average molecular weight is 309 g/mol. The van der Waals surface area contributed by atoms with Gasteiger partial charge in [-0.3, -0.25) is 0 Å². The van der Waals surface area contributed by atoms with Gasteiger partial charge < -0.3 is 0 Å². The molecule has 0 aliphatic heterocycles. The van der Waals surface area contributed by atoms with Crippen LogP contribution in [0.1, 0.15) is 11.1 Å². The minimum atomic E-state index is -3.67. The molecule has 110 valence electrons. The van der Waals surface area contributed by atoms with Crippen molar-refractivity contribution < 1.29 is 8.42 Å². The number of sulfonamides is 1. The van der Waals surface area contributed by atoms with Gasteiger partial charge >= 0.3 is 0 Å². The van der Waals surface area contributed by atoms with Crippen LogP contribution in [-0.4, -0.2) is 14.6 Å². The lowest BCUT2D eigenvalue weighted by Crippen LogP contribution is -1.98. The van der Waals surface area contributed by atoms with E-state index in [1.54, 1.807) is 24.3 Å². The zero-order valence-electron chi connectivity index (χ0n) is 12.1. The topological polar surface area (TPSA) is 46.5 Å². The van der Waals surface area contributed by atoms with E-state index in [-0.39, 0.29) is 4.90 Å². The van der Waals surface area contributed by atoms with Gasteiger partial charge in [0.25, 0.3) is 10.0 Å². The first kappa shape index (κ1) is 14.5. The molecule has 0 fully saturated rings. The Balaban J connectivity index is 2.00. The number of nitrogens with zero attached hydrogens (tertiary/aromatic N) is 1. The van der Waals surface area contributed by atoms with Gasteiger partial charge in [0.05, 0.1) is 4.90 Å². The highest BCUT2D eigenvalue weighted by atomic mass is 32.2. The number of benzene rings is 3. The monoisotopic (exact) mass is 309 g/mol. The lowest BCUT2D eigenvalue weighted by Gasteiger charge is -2.02. The summed E-state index contributed by atoms with van der Waals surface area (Å²) in [6, 6.07) is 20.2. The zero-order valence-corrected chi connectivity index (χ0v) is 12.9. The standard InChI is InChI=1S/C18H15NO2S/c1-14-9-11-17(12-10-14)22(20,21)19-13-16-7-4-6-15-5-2-3-8-18(15)16/h2-13H,1H3. The molecule has 3 rings (SSSR count). The second kappa shape index (κ2) is 5.73. The van der Waals surface area contributed by atoms with E-state index < -0.39 is 10.0 Å². The summed E-state index contributed by atoms with van der Waals surface area (Å²) in [7, 11) is -3.67. The second-order valence-electron chi connectivity index (χ2n) is 5.09. The zero-order chi connectivity index (χ0) is 15.6. The van der Waals surface area contributed by atoms with Gasteiger partial charge in [-0.2, -0.15) is 12.8 Å². The molecule has 0 bridgehead atoms. The van der Waals surface area contributed by atoms with Crippen molar-refractivity contribution >= 4 is 27.0 Å². The molecular formula is C18H15NO2S. The van der Waals surface area contributed by atoms with Crippen molar-refractivity contribution in [3.63, 3.8) is 0 Å². The van der Waals surface area contributed by atoms with Crippen LogP contribution in [0.5, 0.6) is 0 Å². The number of fused-ring (bicyclic) bond motifs is 1. The van der Waals surface area contributed by atoms with Crippen LogP contribution in [0.2, 0.25) is 0 Å². The van der Waals surface area contributed by atoms with Gasteiger partial charge in [-0.1, -0.05) is 60.2 Å². The van der Waals surface area contributed by atoms with Crippen LogP contribution in [0.25, 0.3) is 10.8 Å². The molecule has 22 heavy (non-hydrogen) atoms. The van der Waals surface area contributed by atoms with E-state index >= 15 is 0 Å². The largest absolute Gasteiger partial charge is 0.282 e. The molecule has 0 N–H and O–H groups in total. The van der Waals surface area contributed by atoms with E-state index in [2.05, 4.69) is 4.40 Å². The molecule has 3 nitrogen and oxygen atoms in total. The van der Waals surface area contributed by atoms with Crippen molar-refractivity contribution in [1.29, 1.82) is 0 Å². The van der Waals surface area contributed by atoms with Gasteiger partial charge in [-0.05, 0) is 29.8 Å². The second-order valence-corrected chi connectivity index (χ2v) is 6.72. The van der Waals surface area contributed by atoms with Gasteiger partial charge in [0.15, 0.2) is 0 Å². The van der Waals surface area contributed by atoms with Crippen LogP contribution in [0.4, 0.5) is 0 Å². The van der Waals surface area contributed by atoms with Crippen molar-refractivity contribution in [1.82, 2.24) is 0 Å². The van der Waals surface area contributed by atoms with E-state index in [0.29, 0.717) is 0 Å². The summed E-state index contributed by atoms with van der Waals surface area (Å²) in [6.45, 7) is 1.91. The van der Waals surface area contributed by atoms with Crippen molar-refractivity contribution in [3.8, 4) is 0 Å². The summed E-state index contributed by atoms with van der Waals surface area (Å²) in [6.07, 6.45) is 1.41. The third-order valence-electron chi connectivity index (χ3n) is 3.47. The summed E-state index contributed by atoms with van der Waals surface area (Å²) < 4.78 is 28.3. The summed E-state index contributed by atoms with van der Waals surface area (Å²) >= 11 is 0. The first-order chi connectivity index (χ1) is 10.6. The van der Waals surface area contributed by atoms with Crippen LogP contribution >= 0.6 is 0 Å². The van der Waals surface area contributed by atoms with Crippen LogP contribution in [-0.2, 0) is 10.0 Å². The molecule has 0 spiro atoms. The Morgan fingerprint density at radius 2 is 1.55 bits per heavy atom. The number of rotatable bonds is 3. The summed E-state index contributed by atoms with van der Waals surface area (Å²) in [5.74, 6) is 0. The Labute approximate surface area is 130 Å². The SMILES string of the molecule is Cc1ccc(S(=O)(=O)N=Cc2cccc3ccccc23)cc1. The van der Waals surface area contributed by atoms with E-state index in [1.165, 1.54) is 6.21 Å². The van der Waals surface area contributed by atoms with E-state index in [4.69, 9.17) is 0 Å². The quantitative estimate of drug-likeness (QED) is 0.688. The fourth-order valence-corrected chi connectivity index (χ4v) is 3.11. The third kappa shape index (κ3) is 2.92. The number of aryl methyl sites for hydroxylation is 1. The smallest absolute Gasteiger partial charge is 0.199 e. The fourth-order valence-electron chi connectivity index (χ4n) is 2.26. The van der Waals surface area contributed by atoms with Gasteiger partial charge in [-0.15, -0.1) is 0 Å². The van der Waals surface area contributed by atoms with Gasteiger partial charge in [0.1, 0.15) is 0 Å². The molecule has 3 aromatic rings. The third-order valence-corrected chi connectivity index (χ3v) is 4.72. The highest BCUT2D eigenvalue weighted by Crippen LogP contribution is 2.18. The minimum Gasteiger partial charge on any atom is -0.199 e. The molecule has 3 aromatic carbocycles. The molecule has 0 saturated heterocycles. The van der Waals surface area contributed by atoms with Gasteiger partial charge in [0.2, 0.25) is 0 Å². The maximum absolute atomic E-state index is 12.3. The van der Waals surface area contributed by atoms with Crippen LogP contribution in [0.15, 0.2) is 76.0 Å². The summed E-state index contributed by atoms with van der Waals surface area (Å²) in [5, 5.41) is 2.03. The highest BCUT2D eigenvalue weighted by molar-refractivity contribution is 7.90. The summed E-state index contributed by atoms with van der Waals surface area (Å²) in [5.41, 5.74) is 1.80. The molecule has 0 saturated carbocycles. The van der Waals surface area contributed by atoms with Crippen LogP contribution < -0.4 is 0 Å². The maximum atomic E-state index is 12.3. The average Bonchev–Trinajstić information content (AvgIpc) is 2.53. The molecule has 0 radical (unpaired) electrons. The van der Waals surface area contributed by atoms with Crippen molar-refractivity contribution in [3.05, 3.63) is 77.9 Å². The summed E-state index contributed by atoms with van der Waals surface area (Å²) in [4.78, 5) is 0.203. The molecule has 0 amide bonds. The Morgan fingerprint density at radius 1 is 0.864 bits per heavy atom. The molecule has 0 aliphatic rings. The van der Waals surface area contributed by atoms with Crippen molar-refractivity contribution in [2.45, 2.75) is 11.8 Å². The van der Waals surface area contributed by atoms with E-state index in [1.807, 2.05) is 49.4 Å². The molecule has 0 aromatic heterocycles. The Bertz CT molecular complexity index is 937. The van der Waals surface area contributed by atoms with E-state index in [0.717, 1.165) is 21.9 Å². The molecule has 0 heterocycles. The number of hydrogen-bond acceptors (Lipinski definition) is 2. The minimum absolute atomic E-state index is 0.203. The number of hydrogen-bond donors (Lipinski definition) is 0. The van der Waals surface area contributed by atoms with Crippen molar-refractivity contribution in [2.75, 3.05) is 0 Å². The first-order valence-electron chi connectivity index (χ1n) is 6.91. The predicted molar refractivity (Wildman–Crippen MR) is 89.9 cm³/mol. The van der Waals surface area contributed by atoms with E-state index in [9.17, 15) is 8.42 Å². The Morgan fingerprint density at radius 3 is 2.32 bits per heavy atom. The van der Waals surface area contributed by atoms with Gasteiger partial charge in [0, 0.05) is 11.8 Å². The highest BCUT2D eigenvalue weighted by Gasteiger charge is 2.11. The Hall–Kier alpha value is -2.46. The molecular weight excluding hydrogens is 294 g/mol. The van der Waals surface area contributed by atoms with Crippen LogP contribution in [0.3, 0.4) is 0 Å². The normalized spacial score (nSPS) is 12.0. The first-order valence-corrected chi connectivity index (χ1v) is 8.35. The Kier molecular flexibility index (Phi) is 3.77.